The number of benzene rings is 2. The van der Waals surface area contributed by atoms with E-state index in [4.69, 9.17) is 9.84 Å². The van der Waals surface area contributed by atoms with Crippen LogP contribution in [0.2, 0.25) is 0 Å². The van der Waals surface area contributed by atoms with Gasteiger partial charge in [0, 0.05) is 23.5 Å². The van der Waals surface area contributed by atoms with Crippen molar-refractivity contribution in [3.63, 3.8) is 0 Å². The number of amides is 1. The number of hydrogen-bond acceptors (Lipinski definition) is 4. The van der Waals surface area contributed by atoms with Gasteiger partial charge in [-0.1, -0.05) is 30.3 Å². The predicted octanol–water partition coefficient (Wildman–Crippen LogP) is 4.59. The zero-order chi connectivity index (χ0) is 19.3. The van der Waals surface area contributed by atoms with Crippen LogP contribution in [0.15, 0.2) is 54.6 Å². The quantitative estimate of drug-likeness (QED) is 0.638. The van der Waals surface area contributed by atoms with Gasteiger partial charge in [-0.05, 0) is 42.7 Å². The second kappa shape index (κ2) is 8.52. The van der Waals surface area contributed by atoms with Crippen LogP contribution in [-0.4, -0.2) is 22.8 Å². The Balaban J connectivity index is 1.47. The molecule has 0 fully saturated rings. The molecule has 0 aliphatic carbocycles. The Morgan fingerprint density at radius 1 is 1.14 bits per heavy atom. The van der Waals surface area contributed by atoms with Crippen LogP contribution in [0.4, 0.5) is 5.82 Å². The van der Waals surface area contributed by atoms with Gasteiger partial charge in [0.2, 0.25) is 5.91 Å². The van der Waals surface area contributed by atoms with Crippen molar-refractivity contribution in [2.24, 2.45) is 0 Å². The highest BCUT2D eigenvalue weighted by molar-refractivity contribution is 7.98. The lowest BCUT2D eigenvalue weighted by atomic mass is 10.1. The molecule has 5 nitrogen and oxygen atoms in total. The van der Waals surface area contributed by atoms with E-state index in [1.54, 1.807) is 7.11 Å². The fraction of sp³-hybridized carbons (Fsp3) is 0.273. The summed E-state index contributed by atoms with van der Waals surface area (Å²) in [4.78, 5) is 12.6. The Morgan fingerprint density at radius 2 is 1.93 bits per heavy atom. The topological polar surface area (TPSA) is 56.1 Å². The van der Waals surface area contributed by atoms with Gasteiger partial charge in [0.1, 0.15) is 11.6 Å². The second-order valence-corrected chi connectivity index (χ2v) is 7.75. The van der Waals surface area contributed by atoms with E-state index in [9.17, 15) is 4.79 Å². The highest BCUT2D eigenvalue weighted by atomic mass is 32.2. The molecule has 1 aromatic heterocycles. The molecule has 0 radical (unpaired) electrons. The number of rotatable bonds is 7. The van der Waals surface area contributed by atoms with Gasteiger partial charge in [0.15, 0.2) is 0 Å². The lowest BCUT2D eigenvalue weighted by Gasteiger charge is -2.11. The van der Waals surface area contributed by atoms with Crippen LogP contribution >= 0.6 is 11.8 Å². The number of carbonyl (C=O) groups excluding carboxylic acids is 1. The summed E-state index contributed by atoms with van der Waals surface area (Å²) in [6.45, 7) is 0. The number of thioether (sulfide) groups is 1. The third-order valence-corrected chi connectivity index (χ3v) is 5.81. The summed E-state index contributed by atoms with van der Waals surface area (Å²) >= 11 is 1.83. The van der Waals surface area contributed by atoms with E-state index in [-0.39, 0.29) is 5.91 Å². The minimum atomic E-state index is 0.0327. The molecule has 1 N–H and O–H groups in total. The molecule has 1 aliphatic heterocycles. The fourth-order valence-corrected chi connectivity index (χ4v) is 4.38. The molecule has 28 heavy (non-hydrogen) atoms. The molecule has 0 spiro atoms. The number of methoxy groups -OCH3 is 1. The van der Waals surface area contributed by atoms with Crippen LogP contribution in [0.5, 0.6) is 5.75 Å². The lowest BCUT2D eigenvalue weighted by Crippen LogP contribution is -2.16. The van der Waals surface area contributed by atoms with Gasteiger partial charge >= 0.3 is 0 Å². The van der Waals surface area contributed by atoms with Crippen molar-refractivity contribution < 1.29 is 9.53 Å². The number of fused-ring (bicyclic) bond motifs is 1. The third-order valence-electron chi connectivity index (χ3n) is 4.84. The van der Waals surface area contributed by atoms with E-state index in [2.05, 4.69) is 17.4 Å². The molecule has 6 heteroatoms. The summed E-state index contributed by atoms with van der Waals surface area (Å²) in [6.07, 6.45) is 2.22. The number of carbonyl (C=O) groups is 1. The van der Waals surface area contributed by atoms with Gasteiger partial charge < -0.3 is 10.1 Å². The Bertz CT molecular complexity index is 952. The first-order chi connectivity index (χ1) is 13.7. The van der Waals surface area contributed by atoms with Crippen molar-refractivity contribution in [2.45, 2.75) is 30.8 Å². The molecule has 0 unspecified atom stereocenters. The Morgan fingerprint density at radius 3 is 2.68 bits per heavy atom. The van der Waals surface area contributed by atoms with E-state index in [0.29, 0.717) is 6.42 Å². The first-order valence-electron chi connectivity index (χ1n) is 9.41. The van der Waals surface area contributed by atoms with Gasteiger partial charge in [0.25, 0.3) is 0 Å². The lowest BCUT2D eigenvalue weighted by molar-refractivity contribution is -0.116. The highest BCUT2D eigenvalue weighted by Gasteiger charge is 2.24. The van der Waals surface area contributed by atoms with Crippen molar-refractivity contribution in [1.82, 2.24) is 9.78 Å². The Hall–Kier alpha value is -2.73. The summed E-state index contributed by atoms with van der Waals surface area (Å²) in [7, 11) is 1.65. The average Bonchev–Trinajstić information content (AvgIpc) is 3.32. The number of nitrogens with one attached hydrogen (secondary N) is 1. The maximum Gasteiger partial charge on any atom is 0.225 e. The van der Waals surface area contributed by atoms with E-state index >= 15 is 0 Å². The van der Waals surface area contributed by atoms with Gasteiger partial charge in [-0.2, -0.15) is 16.9 Å². The first-order valence-corrected chi connectivity index (χ1v) is 10.6. The largest absolute Gasteiger partial charge is 0.497 e. The van der Waals surface area contributed by atoms with Crippen LogP contribution in [0, 0.1) is 0 Å². The maximum absolute atomic E-state index is 12.6. The Labute approximate surface area is 169 Å². The van der Waals surface area contributed by atoms with Gasteiger partial charge in [-0.3, -0.25) is 4.79 Å². The van der Waals surface area contributed by atoms with Gasteiger partial charge in [-0.15, -0.1) is 0 Å². The minimum Gasteiger partial charge on any atom is -0.497 e. The number of aromatic nitrogens is 2. The molecule has 1 amide bonds. The molecule has 144 valence electrons. The van der Waals surface area contributed by atoms with Crippen molar-refractivity contribution in [3.05, 3.63) is 71.4 Å². The number of aryl methyl sites for hydroxylation is 1. The molecule has 2 aromatic carbocycles. The predicted molar refractivity (Wildman–Crippen MR) is 113 cm³/mol. The molecule has 0 saturated heterocycles. The highest BCUT2D eigenvalue weighted by Crippen LogP contribution is 2.36. The molecule has 0 bridgehead atoms. The summed E-state index contributed by atoms with van der Waals surface area (Å²) in [5.74, 6) is 3.39. The van der Waals surface area contributed by atoms with Crippen LogP contribution < -0.4 is 10.1 Å². The van der Waals surface area contributed by atoms with E-state index < -0.39 is 0 Å². The van der Waals surface area contributed by atoms with Crippen molar-refractivity contribution >= 4 is 23.5 Å². The molecule has 0 saturated carbocycles. The molecular formula is C22H23N3O2S. The van der Waals surface area contributed by atoms with Gasteiger partial charge in [-0.25, -0.2) is 4.68 Å². The van der Waals surface area contributed by atoms with E-state index in [0.717, 1.165) is 52.9 Å². The molecule has 3 aromatic rings. The Kier molecular flexibility index (Phi) is 5.67. The zero-order valence-corrected chi connectivity index (χ0v) is 16.7. The van der Waals surface area contributed by atoms with E-state index in [1.807, 2.05) is 58.9 Å². The van der Waals surface area contributed by atoms with Crippen molar-refractivity contribution in [2.75, 3.05) is 12.4 Å². The van der Waals surface area contributed by atoms with Crippen molar-refractivity contribution in [3.8, 4) is 11.4 Å². The smallest absolute Gasteiger partial charge is 0.225 e. The van der Waals surface area contributed by atoms with Crippen LogP contribution in [0.3, 0.4) is 0 Å². The number of nitrogens with zero attached hydrogens (tertiary/aromatic N) is 2. The third kappa shape index (κ3) is 4.07. The standard InChI is InChI=1S/C22H23N3O2S/c1-27-18-12-10-17(11-13-18)25-22(19-14-28-15-20(19)24-25)23-21(26)9-5-8-16-6-3-2-4-7-16/h2-4,6-7,10-13H,5,8-9,14-15H2,1H3,(H,23,26). The average molecular weight is 394 g/mol. The van der Waals surface area contributed by atoms with Crippen LogP contribution in [0.1, 0.15) is 29.7 Å². The summed E-state index contributed by atoms with van der Waals surface area (Å²) in [5, 5.41) is 7.86. The molecule has 1 aliphatic rings. The molecule has 0 atom stereocenters. The monoisotopic (exact) mass is 393 g/mol. The summed E-state index contributed by atoms with van der Waals surface area (Å²) < 4.78 is 7.09. The first kappa shape index (κ1) is 18.6. The second-order valence-electron chi connectivity index (χ2n) is 6.76. The van der Waals surface area contributed by atoms with Crippen LogP contribution in [-0.2, 0) is 22.7 Å². The zero-order valence-electron chi connectivity index (χ0n) is 15.9. The molecule has 4 rings (SSSR count). The van der Waals surface area contributed by atoms with Crippen LogP contribution in [0.25, 0.3) is 5.69 Å². The number of hydrogen-bond donors (Lipinski definition) is 1. The molecule has 2 heterocycles. The maximum atomic E-state index is 12.6. The summed E-state index contributed by atoms with van der Waals surface area (Å²) in [6, 6.07) is 18.0. The fourth-order valence-electron chi connectivity index (χ4n) is 3.34. The number of ether oxygens (including phenoxy) is 1. The minimum absolute atomic E-state index is 0.0327. The van der Waals surface area contributed by atoms with E-state index in [1.165, 1.54) is 5.56 Å². The van der Waals surface area contributed by atoms with Crippen molar-refractivity contribution in [1.29, 1.82) is 0 Å². The van der Waals surface area contributed by atoms with Gasteiger partial charge in [0.05, 0.1) is 18.5 Å². The SMILES string of the molecule is COc1ccc(-n2nc3c(c2NC(=O)CCCc2ccccc2)CSC3)cc1. The normalized spacial score (nSPS) is 12.6. The molecular weight excluding hydrogens is 370 g/mol. The summed E-state index contributed by atoms with van der Waals surface area (Å²) in [5.41, 5.74) is 4.37. The number of anilines is 1.